The van der Waals surface area contributed by atoms with Crippen molar-refractivity contribution in [2.45, 2.75) is 6.92 Å². The number of benzene rings is 1. The molecule has 0 radical (unpaired) electrons. The van der Waals surface area contributed by atoms with Crippen LogP contribution in [0.5, 0.6) is 0 Å². The molecule has 86 valence electrons. The van der Waals surface area contributed by atoms with Gasteiger partial charge in [0.2, 0.25) is 0 Å². The van der Waals surface area contributed by atoms with E-state index in [1.54, 1.807) is 19.1 Å². The molecule has 6 heteroatoms. The van der Waals surface area contributed by atoms with Crippen LogP contribution in [0.3, 0.4) is 0 Å². The Bertz CT molecular complexity index is 417. The number of carbonyl (C=O) groups is 2. The van der Waals surface area contributed by atoms with Crippen LogP contribution in [0.4, 0.5) is 5.69 Å². The fourth-order valence-electron chi connectivity index (χ4n) is 1.04. The first-order valence-electron chi connectivity index (χ1n) is 4.50. The highest BCUT2D eigenvalue weighted by molar-refractivity contribution is 5.94. The highest BCUT2D eigenvalue weighted by Crippen LogP contribution is 2.12. The molecule has 0 unspecified atom stereocenters. The van der Waals surface area contributed by atoms with Gasteiger partial charge in [0.1, 0.15) is 0 Å². The van der Waals surface area contributed by atoms with Gasteiger partial charge >= 0.3 is 5.97 Å². The number of anilines is 1. The van der Waals surface area contributed by atoms with Crippen LogP contribution in [0.15, 0.2) is 18.2 Å². The molecule has 0 heterocycles. The van der Waals surface area contributed by atoms with Gasteiger partial charge in [-0.2, -0.15) is 0 Å². The van der Waals surface area contributed by atoms with Crippen molar-refractivity contribution in [3.8, 4) is 0 Å². The van der Waals surface area contributed by atoms with Gasteiger partial charge < -0.3 is 10.8 Å². The number of carboxylic acids is 1. The summed E-state index contributed by atoms with van der Waals surface area (Å²) in [7, 11) is 0. The number of amides is 1. The molecule has 4 N–H and O–H groups in total. The molecule has 0 aliphatic carbocycles. The lowest BCUT2D eigenvalue weighted by Gasteiger charge is -2.05. The van der Waals surface area contributed by atoms with Crippen molar-refractivity contribution in [1.82, 2.24) is 5.48 Å². The molecule has 0 aromatic heterocycles. The van der Waals surface area contributed by atoms with Crippen molar-refractivity contribution < 1.29 is 19.5 Å². The number of nitrogens with one attached hydrogen (secondary N) is 1. The molecule has 1 amide bonds. The van der Waals surface area contributed by atoms with Crippen molar-refractivity contribution >= 4 is 17.6 Å². The van der Waals surface area contributed by atoms with E-state index in [4.69, 9.17) is 10.8 Å². The molecule has 0 spiro atoms. The molecule has 0 saturated heterocycles. The van der Waals surface area contributed by atoms with Gasteiger partial charge in [-0.3, -0.25) is 9.63 Å². The Labute approximate surface area is 92.0 Å². The summed E-state index contributed by atoms with van der Waals surface area (Å²) in [5.74, 6) is -1.67. The first-order valence-corrected chi connectivity index (χ1v) is 4.50. The summed E-state index contributed by atoms with van der Waals surface area (Å²) in [6.45, 7) is 1.18. The van der Waals surface area contributed by atoms with Crippen LogP contribution in [-0.2, 0) is 9.63 Å². The van der Waals surface area contributed by atoms with Crippen molar-refractivity contribution in [1.29, 1.82) is 0 Å². The minimum absolute atomic E-state index is 0.358. The molecule has 1 aromatic carbocycles. The van der Waals surface area contributed by atoms with E-state index in [-0.39, 0.29) is 0 Å². The van der Waals surface area contributed by atoms with Crippen LogP contribution in [0.1, 0.15) is 15.9 Å². The smallest absolute Gasteiger partial charge is 0.332 e. The number of hydrogen-bond donors (Lipinski definition) is 3. The molecule has 0 bridgehead atoms. The molecular weight excluding hydrogens is 212 g/mol. The number of aryl methyl sites for hydroxylation is 1. The summed E-state index contributed by atoms with van der Waals surface area (Å²) in [5, 5.41) is 8.28. The highest BCUT2D eigenvalue weighted by Gasteiger charge is 2.07. The predicted molar refractivity (Wildman–Crippen MR) is 56.6 cm³/mol. The van der Waals surface area contributed by atoms with Crippen LogP contribution < -0.4 is 11.2 Å². The third-order valence-corrected chi connectivity index (χ3v) is 1.89. The Balaban J connectivity index is 2.59. The van der Waals surface area contributed by atoms with E-state index in [1.165, 1.54) is 6.07 Å². The van der Waals surface area contributed by atoms with E-state index in [0.717, 1.165) is 5.56 Å². The molecule has 0 atom stereocenters. The monoisotopic (exact) mass is 224 g/mol. The van der Waals surface area contributed by atoms with Gasteiger partial charge in [-0.1, -0.05) is 0 Å². The van der Waals surface area contributed by atoms with Crippen LogP contribution in [0.25, 0.3) is 0 Å². The molecule has 0 aliphatic rings. The maximum atomic E-state index is 11.4. The fourth-order valence-corrected chi connectivity index (χ4v) is 1.04. The van der Waals surface area contributed by atoms with Crippen LogP contribution in [0, 0.1) is 6.92 Å². The second-order valence-electron chi connectivity index (χ2n) is 3.18. The fraction of sp³-hybridized carbons (Fsp3) is 0.200. The summed E-state index contributed by atoms with van der Waals surface area (Å²) in [5.41, 5.74) is 9.32. The largest absolute Gasteiger partial charge is 0.479 e. The number of carbonyl (C=O) groups excluding carboxylic acids is 1. The Morgan fingerprint density at radius 3 is 2.75 bits per heavy atom. The lowest BCUT2D eigenvalue weighted by molar-refractivity contribution is -0.144. The number of hydroxylamine groups is 1. The maximum absolute atomic E-state index is 11.4. The number of aliphatic carboxylic acids is 1. The molecule has 0 saturated carbocycles. The standard InChI is InChI=1S/C10H12N2O4/c1-6-4-7(2-3-8(6)11)10(15)12-16-5-9(13)14/h2-4H,5,11H2,1H3,(H,12,15)(H,13,14). The van der Waals surface area contributed by atoms with Gasteiger partial charge in [0, 0.05) is 11.3 Å². The average Bonchev–Trinajstić information content (AvgIpc) is 2.21. The number of carboxylic acid groups (broad SMARTS) is 1. The summed E-state index contributed by atoms with van der Waals surface area (Å²) < 4.78 is 0. The van der Waals surface area contributed by atoms with Crippen molar-refractivity contribution in [3.63, 3.8) is 0 Å². The zero-order chi connectivity index (χ0) is 12.1. The maximum Gasteiger partial charge on any atom is 0.332 e. The molecule has 1 aromatic rings. The third-order valence-electron chi connectivity index (χ3n) is 1.89. The van der Waals surface area contributed by atoms with E-state index in [1.807, 2.05) is 5.48 Å². The minimum Gasteiger partial charge on any atom is -0.479 e. The highest BCUT2D eigenvalue weighted by atomic mass is 16.7. The third kappa shape index (κ3) is 3.25. The molecule has 1 rings (SSSR count). The van der Waals surface area contributed by atoms with E-state index in [0.29, 0.717) is 11.3 Å². The van der Waals surface area contributed by atoms with Gasteiger partial charge in [0.05, 0.1) is 0 Å². The van der Waals surface area contributed by atoms with E-state index >= 15 is 0 Å². The van der Waals surface area contributed by atoms with Crippen LogP contribution >= 0.6 is 0 Å². The second-order valence-corrected chi connectivity index (χ2v) is 3.18. The first kappa shape index (κ1) is 12.0. The molecular formula is C10H12N2O4. The number of hydrogen-bond acceptors (Lipinski definition) is 4. The summed E-state index contributed by atoms with van der Waals surface area (Å²) in [6, 6.07) is 4.72. The van der Waals surface area contributed by atoms with Gasteiger partial charge in [-0.05, 0) is 30.7 Å². The van der Waals surface area contributed by atoms with Crippen LogP contribution in [0.2, 0.25) is 0 Å². The Morgan fingerprint density at radius 1 is 1.50 bits per heavy atom. The minimum atomic E-state index is -1.16. The van der Waals surface area contributed by atoms with Crippen molar-refractivity contribution in [2.24, 2.45) is 0 Å². The molecule has 0 aliphatic heterocycles. The summed E-state index contributed by atoms with van der Waals surface area (Å²) >= 11 is 0. The lowest BCUT2D eigenvalue weighted by Crippen LogP contribution is -2.26. The Morgan fingerprint density at radius 2 is 2.19 bits per heavy atom. The normalized spacial score (nSPS) is 9.81. The van der Waals surface area contributed by atoms with Crippen LogP contribution in [-0.4, -0.2) is 23.6 Å². The number of nitrogen functional groups attached to an aromatic ring is 1. The molecule has 6 nitrogen and oxygen atoms in total. The number of nitrogens with two attached hydrogens (primary N) is 1. The molecule has 16 heavy (non-hydrogen) atoms. The van der Waals surface area contributed by atoms with E-state index < -0.39 is 18.5 Å². The zero-order valence-electron chi connectivity index (χ0n) is 8.69. The van der Waals surface area contributed by atoms with Gasteiger partial charge in [-0.15, -0.1) is 0 Å². The van der Waals surface area contributed by atoms with Crippen molar-refractivity contribution in [2.75, 3.05) is 12.3 Å². The quantitative estimate of drug-likeness (QED) is 0.505. The first-order chi connectivity index (χ1) is 7.50. The van der Waals surface area contributed by atoms with E-state index in [2.05, 4.69) is 4.84 Å². The summed E-state index contributed by atoms with van der Waals surface area (Å²) in [4.78, 5) is 26.0. The predicted octanol–water partition coefficient (Wildman–Crippen LogP) is 0.323. The lowest BCUT2D eigenvalue weighted by atomic mass is 10.1. The van der Waals surface area contributed by atoms with Gasteiger partial charge in [0.25, 0.3) is 5.91 Å². The average molecular weight is 224 g/mol. The zero-order valence-corrected chi connectivity index (χ0v) is 8.69. The SMILES string of the molecule is Cc1cc(C(=O)NOCC(=O)O)ccc1N. The topological polar surface area (TPSA) is 102 Å². The van der Waals surface area contributed by atoms with E-state index in [9.17, 15) is 9.59 Å². The summed E-state index contributed by atoms with van der Waals surface area (Å²) in [6.07, 6.45) is 0. The Kier molecular flexibility index (Phi) is 3.84. The van der Waals surface area contributed by atoms with Gasteiger partial charge in [0.15, 0.2) is 6.61 Å². The second kappa shape index (κ2) is 5.13. The Hall–Kier alpha value is -2.08. The van der Waals surface area contributed by atoms with Crippen molar-refractivity contribution in [3.05, 3.63) is 29.3 Å². The molecule has 0 fully saturated rings. The number of rotatable bonds is 4. The van der Waals surface area contributed by atoms with Gasteiger partial charge in [-0.25, -0.2) is 10.3 Å².